The quantitative estimate of drug-likeness (QED) is 0.844. The van der Waals surface area contributed by atoms with Gasteiger partial charge in [-0.05, 0) is 23.6 Å². The average Bonchev–Trinajstić information content (AvgIpc) is 2.48. The maximum absolute atomic E-state index is 5.41. The summed E-state index contributed by atoms with van der Waals surface area (Å²) in [5.74, 6) is 0. The molecule has 100 valence electrons. The number of hydrogen-bond acceptors (Lipinski definition) is 3. The number of nitrogens with zero attached hydrogens (tertiary/aromatic N) is 2. The Bertz CT molecular complexity index is 562. The average molecular weight is 256 g/mol. The number of pyridine rings is 1. The largest absolute Gasteiger partial charge is 0.379 e. The Hall–Kier alpha value is -1.45. The van der Waals surface area contributed by atoms with Crippen LogP contribution in [-0.4, -0.2) is 36.2 Å². The Kier molecular flexibility index (Phi) is 3.76. The van der Waals surface area contributed by atoms with Crippen molar-refractivity contribution in [2.24, 2.45) is 0 Å². The smallest absolute Gasteiger partial charge is 0.0737 e. The molecule has 1 fully saturated rings. The molecule has 0 saturated carbocycles. The molecule has 0 amide bonds. The van der Waals surface area contributed by atoms with Crippen LogP contribution in [0.1, 0.15) is 18.1 Å². The van der Waals surface area contributed by atoms with Crippen LogP contribution in [-0.2, 0) is 17.7 Å². The number of aryl methyl sites for hydroxylation is 1. The third kappa shape index (κ3) is 2.62. The Morgan fingerprint density at radius 3 is 2.84 bits per heavy atom. The zero-order valence-corrected chi connectivity index (χ0v) is 11.4. The van der Waals surface area contributed by atoms with Crippen molar-refractivity contribution in [3.05, 3.63) is 41.6 Å². The minimum atomic E-state index is 0.854. The molecule has 1 aromatic carbocycles. The second-order valence-electron chi connectivity index (χ2n) is 5.02. The van der Waals surface area contributed by atoms with Gasteiger partial charge in [-0.2, -0.15) is 0 Å². The maximum Gasteiger partial charge on any atom is 0.0737 e. The summed E-state index contributed by atoms with van der Waals surface area (Å²) in [4.78, 5) is 7.03. The van der Waals surface area contributed by atoms with Gasteiger partial charge >= 0.3 is 0 Å². The van der Waals surface area contributed by atoms with E-state index < -0.39 is 0 Å². The van der Waals surface area contributed by atoms with Gasteiger partial charge in [0.25, 0.3) is 0 Å². The van der Waals surface area contributed by atoms with Gasteiger partial charge in [-0.15, -0.1) is 0 Å². The topological polar surface area (TPSA) is 25.4 Å². The summed E-state index contributed by atoms with van der Waals surface area (Å²) < 4.78 is 5.41. The summed E-state index contributed by atoms with van der Waals surface area (Å²) in [6.07, 6.45) is 2.92. The van der Waals surface area contributed by atoms with Gasteiger partial charge in [0, 0.05) is 31.2 Å². The summed E-state index contributed by atoms with van der Waals surface area (Å²) in [6.45, 7) is 7.00. The Labute approximate surface area is 114 Å². The highest BCUT2D eigenvalue weighted by Crippen LogP contribution is 2.22. The molecule has 3 heteroatoms. The van der Waals surface area contributed by atoms with E-state index in [2.05, 4.69) is 35.0 Å². The zero-order valence-electron chi connectivity index (χ0n) is 11.4. The van der Waals surface area contributed by atoms with Crippen LogP contribution in [0.2, 0.25) is 0 Å². The number of morpholine rings is 1. The van der Waals surface area contributed by atoms with Crippen molar-refractivity contribution < 1.29 is 4.74 Å². The van der Waals surface area contributed by atoms with Crippen LogP contribution >= 0.6 is 0 Å². The molecule has 0 atom stereocenters. The first-order valence-electron chi connectivity index (χ1n) is 7.04. The molecule has 0 radical (unpaired) electrons. The minimum Gasteiger partial charge on any atom is -0.379 e. The molecule has 1 aromatic heterocycles. The first-order valence-corrected chi connectivity index (χ1v) is 7.04. The van der Waals surface area contributed by atoms with Gasteiger partial charge in [-0.3, -0.25) is 9.88 Å². The van der Waals surface area contributed by atoms with Crippen LogP contribution in [0.5, 0.6) is 0 Å². The van der Waals surface area contributed by atoms with Crippen molar-refractivity contribution in [3.63, 3.8) is 0 Å². The van der Waals surface area contributed by atoms with Gasteiger partial charge < -0.3 is 4.74 Å². The molecular weight excluding hydrogens is 236 g/mol. The van der Waals surface area contributed by atoms with Crippen LogP contribution in [0.4, 0.5) is 0 Å². The highest BCUT2D eigenvalue weighted by Gasteiger charge is 2.14. The minimum absolute atomic E-state index is 0.854. The Morgan fingerprint density at radius 2 is 2.05 bits per heavy atom. The fourth-order valence-corrected chi connectivity index (χ4v) is 2.79. The lowest BCUT2D eigenvalue weighted by atomic mass is 10.0. The SMILES string of the molecule is CCc1c(CN2CCOCC2)ccc2cccnc12. The summed E-state index contributed by atoms with van der Waals surface area (Å²) in [5.41, 5.74) is 3.97. The lowest BCUT2D eigenvalue weighted by molar-refractivity contribution is 0.0341. The standard InChI is InChI=1S/C16H20N2O/c1-2-15-14(12-18-8-10-19-11-9-18)6-5-13-4-3-7-17-16(13)15/h3-7H,2,8-12H2,1H3. The normalized spacial score (nSPS) is 16.9. The molecule has 0 aliphatic carbocycles. The molecule has 0 bridgehead atoms. The van der Waals surface area contributed by atoms with Crippen molar-refractivity contribution in [1.82, 2.24) is 9.88 Å². The van der Waals surface area contributed by atoms with E-state index in [-0.39, 0.29) is 0 Å². The molecule has 0 N–H and O–H groups in total. The summed E-state index contributed by atoms with van der Waals surface area (Å²) in [6, 6.07) is 8.60. The third-order valence-electron chi connectivity index (χ3n) is 3.83. The number of aromatic nitrogens is 1. The summed E-state index contributed by atoms with van der Waals surface area (Å²) in [5, 5.41) is 1.24. The zero-order chi connectivity index (χ0) is 13.1. The molecule has 3 rings (SSSR count). The lowest BCUT2D eigenvalue weighted by Crippen LogP contribution is -2.35. The fraction of sp³-hybridized carbons (Fsp3) is 0.438. The van der Waals surface area contributed by atoms with Gasteiger partial charge in [0.15, 0.2) is 0 Å². The highest BCUT2D eigenvalue weighted by molar-refractivity contribution is 5.82. The van der Waals surface area contributed by atoms with E-state index in [9.17, 15) is 0 Å². The number of fused-ring (bicyclic) bond motifs is 1. The predicted molar refractivity (Wildman–Crippen MR) is 77.2 cm³/mol. The molecule has 1 aliphatic heterocycles. The van der Waals surface area contributed by atoms with Gasteiger partial charge in [0.05, 0.1) is 18.7 Å². The number of hydrogen-bond donors (Lipinski definition) is 0. The van der Waals surface area contributed by atoms with Crippen LogP contribution < -0.4 is 0 Å². The number of benzene rings is 1. The fourth-order valence-electron chi connectivity index (χ4n) is 2.79. The van der Waals surface area contributed by atoms with E-state index >= 15 is 0 Å². The molecule has 2 heterocycles. The van der Waals surface area contributed by atoms with Crippen LogP contribution in [0.15, 0.2) is 30.5 Å². The molecule has 1 aliphatic rings. The van der Waals surface area contributed by atoms with Crippen molar-refractivity contribution in [1.29, 1.82) is 0 Å². The van der Waals surface area contributed by atoms with Gasteiger partial charge in [-0.25, -0.2) is 0 Å². The molecule has 19 heavy (non-hydrogen) atoms. The van der Waals surface area contributed by atoms with Crippen molar-refractivity contribution >= 4 is 10.9 Å². The van der Waals surface area contributed by atoms with Gasteiger partial charge in [-0.1, -0.05) is 25.1 Å². The second kappa shape index (κ2) is 5.68. The molecule has 2 aromatic rings. The Morgan fingerprint density at radius 1 is 1.21 bits per heavy atom. The molecule has 0 unspecified atom stereocenters. The lowest BCUT2D eigenvalue weighted by Gasteiger charge is -2.27. The highest BCUT2D eigenvalue weighted by atomic mass is 16.5. The van der Waals surface area contributed by atoms with Crippen molar-refractivity contribution in [3.8, 4) is 0 Å². The van der Waals surface area contributed by atoms with E-state index in [0.29, 0.717) is 0 Å². The van der Waals surface area contributed by atoms with E-state index in [4.69, 9.17) is 4.74 Å². The maximum atomic E-state index is 5.41. The Balaban J connectivity index is 1.93. The molecular formula is C16H20N2O. The monoisotopic (exact) mass is 256 g/mol. The van der Waals surface area contributed by atoms with E-state index in [1.54, 1.807) is 0 Å². The van der Waals surface area contributed by atoms with Crippen LogP contribution in [0.3, 0.4) is 0 Å². The van der Waals surface area contributed by atoms with Crippen molar-refractivity contribution in [2.75, 3.05) is 26.3 Å². The number of rotatable bonds is 3. The van der Waals surface area contributed by atoms with E-state index in [1.165, 1.54) is 16.5 Å². The second-order valence-corrected chi connectivity index (χ2v) is 5.02. The van der Waals surface area contributed by atoms with Gasteiger partial charge in [0.2, 0.25) is 0 Å². The van der Waals surface area contributed by atoms with E-state index in [1.807, 2.05) is 12.3 Å². The predicted octanol–water partition coefficient (Wildman–Crippen LogP) is 2.63. The van der Waals surface area contributed by atoms with Gasteiger partial charge in [0.1, 0.15) is 0 Å². The number of ether oxygens (including phenoxy) is 1. The van der Waals surface area contributed by atoms with Crippen LogP contribution in [0, 0.1) is 0 Å². The van der Waals surface area contributed by atoms with Crippen LogP contribution in [0.25, 0.3) is 10.9 Å². The molecule has 1 saturated heterocycles. The first kappa shape index (κ1) is 12.6. The third-order valence-corrected chi connectivity index (χ3v) is 3.83. The van der Waals surface area contributed by atoms with Crippen molar-refractivity contribution in [2.45, 2.75) is 19.9 Å². The molecule has 0 spiro atoms. The first-order chi connectivity index (χ1) is 9.38. The summed E-state index contributed by atoms with van der Waals surface area (Å²) >= 11 is 0. The molecule has 3 nitrogen and oxygen atoms in total. The summed E-state index contributed by atoms with van der Waals surface area (Å²) in [7, 11) is 0. The van der Waals surface area contributed by atoms with E-state index in [0.717, 1.165) is 44.8 Å².